The lowest BCUT2D eigenvalue weighted by Crippen LogP contribution is -2.34. The molecule has 0 aliphatic carbocycles. The number of nitrogens with one attached hydrogen (secondary N) is 1. The maximum absolute atomic E-state index is 5.81. The molecule has 156 valence electrons. The number of methoxy groups -OCH3 is 2. The van der Waals surface area contributed by atoms with E-state index in [1.165, 1.54) is 11.1 Å². The van der Waals surface area contributed by atoms with E-state index in [-0.39, 0.29) is 0 Å². The molecule has 0 spiro atoms. The molecule has 30 heavy (non-hydrogen) atoms. The van der Waals surface area contributed by atoms with Gasteiger partial charge >= 0.3 is 0 Å². The van der Waals surface area contributed by atoms with Crippen molar-refractivity contribution >= 4 is 23.0 Å². The first-order chi connectivity index (χ1) is 14.6. The van der Waals surface area contributed by atoms with Crippen molar-refractivity contribution in [1.29, 1.82) is 0 Å². The molecule has 0 amide bonds. The van der Waals surface area contributed by atoms with Crippen LogP contribution in [0.25, 0.3) is 0 Å². The van der Waals surface area contributed by atoms with Crippen molar-refractivity contribution in [1.82, 2.24) is 4.90 Å². The highest BCUT2D eigenvalue weighted by atomic mass is 32.1. The Balaban J connectivity index is 1.85. The molecule has 0 bridgehead atoms. The highest BCUT2D eigenvalue weighted by Crippen LogP contribution is 2.26. The molecule has 1 N–H and O–H groups in total. The van der Waals surface area contributed by atoms with Crippen LogP contribution in [0.3, 0.4) is 0 Å². The van der Waals surface area contributed by atoms with Crippen molar-refractivity contribution in [3.8, 4) is 11.5 Å². The largest absolute Gasteiger partial charge is 0.497 e. The zero-order chi connectivity index (χ0) is 21.3. The Morgan fingerprint density at radius 2 is 1.63 bits per heavy atom. The van der Waals surface area contributed by atoms with Crippen LogP contribution < -0.4 is 14.8 Å². The summed E-state index contributed by atoms with van der Waals surface area (Å²) in [6.45, 7) is 3.45. The first-order valence-corrected chi connectivity index (χ1v) is 10.4. The molecule has 0 fully saturated rings. The molecule has 5 heteroatoms. The van der Waals surface area contributed by atoms with Gasteiger partial charge in [0, 0.05) is 30.4 Å². The number of benzene rings is 3. The molecule has 0 unspecified atom stereocenters. The van der Waals surface area contributed by atoms with Crippen LogP contribution in [0.2, 0.25) is 0 Å². The van der Waals surface area contributed by atoms with Crippen LogP contribution in [-0.2, 0) is 19.5 Å². The summed E-state index contributed by atoms with van der Waals surface area (Å²) in [5.74, 6) is 1.55. The average molecular weight is 421 g/mol. The first-order valence-electron chi connectivity index (χ1n) is 10.0. The van der Waals surface area contributed by atoms with Gasteiger partial charge in [0.1, 0.15) is 11.5 Å². The molecule has 4 nitrogen and oxygen atoms in total. The normalized spacial score (nSPS) is 10.4. The molecular weight excluding hydrogens is 392 g/mol. The number of anilines is 1. The lowest BCUT2D eigenvalue weighted by atomic mass is 10.1. The van der Waals surface area contributed by atoms with E-state index in [1.807, 2.05) is 42.5 Å². The zero-order valence-corrected chi connectivity index (χ0v) is 18.5. The summed E-state index contributed by atoms with van der Waals surface area (Å²) in [6, 6.07) is 24.6. The van der Waals surface area contributed by atoms with Gasteiger partial charge in [0.2, 0.25) is 0 Å². The van der Waals surface area contributed by atoms with E-state index in [1.54, 1.807) is 14.2 Å². The van der Waals surface area contributed by atoms with Crippen LogP contribution in [0, 0.1) is 0 Å². The average Bonchev–Trinajstić information content (AvgIpc) is 2.79. The second-order valence-corrected chi connectivity index (χ2v) is 7.39. The monoisotopic (exact) mass is 420 g/mol. The van der Waals surface area contributed by atoms with Crippen molar-refractivity contribution in [3.05, 3.63) is 89.5 Å². The fourth-order valence-electron chi connectivity index (χ4n) is 3.26. The molecule has 0 aromatic heterocycles. The third-order valence-corrected chi connectivity index (χ3v) is 5.31. The number of ether oxygens (including phenoxy) is 2. The van der Waals surface area contributed by atoms with Gasteiger partial charge in [-0.05, 0) is 54.0 Å². The van der Waals surface area contributed by atoms with Gasteiger partial charge < -0.3 is 19.7 Å². The number of rotatable bonds is 8. The molecule has 0 radical (unpaired) electrons. The van der Waals surface area contributed by atoms with E-state index >= 15 is 0 Å². The Labute approximate surface area is 184 Å². The van der Waals surface area contributed by atoms with E-state index in [0.717, 1.165) is 29.2 Å². The zero-order valence-electron chi connectivity index (χ0n) is 17.7. The van der Waals surface area contributed by atoms with E-state index in [4.69, 9.17) is 21.7 Å². The second kappa shape index (κ2) is 10.6. The Kier molecular flexibility index (Phi) is 7.69. The third kappa shape index (κ3) is 5.74. The summed E-state index contributed by atoms with van der Waals surface area (Å²) in [5, 5.41) is 4.08. The summed E-state index contributed by atoms with van der Waals surface area (Å²) in [7, 11) is 3.33. The lowest BCUT2D eigenvalue weighted by molar-refractivity contribution is 0.370. The van der Waals surface area contributed by atoms with Gasteiger partial charge in [-0.2, -0.15) is 0 Å². The summed E-state index contributed by atoms with van der Waals surface area (Å²) in [6.07, 6.45) is 0.985. The van der Waals surface area contributed by atoms with Gasteiger partial charge in [-0.15, -0.1) is 0 Å². The van der Waals surface area contributed by atoms with Crippen LogP contribution in [0.1, 0.15) is 23.6 Å². The molecule has 3 rings (SSSR count). The fraction of sp³-hybridized carbons (Fsp3) is 0.240. The molecule has 0 saturated heterocycles. The Hall–Kier alpha value is -3.05. The predicted molar refractivity (Wildman–Crippen MR) is 127 cm³/mol. The van der Waals surface area contributed by atoms with Crippen molar-refractivity contribution < 1.29 is 9.47 Å². The van der Waals surface area contributed by atoms with Gasteiger partial charge in [-0.1, -0.05) is 49.4 Å². The smallest absolute Gasteiger partial charge is 0.174 e. The van der Waals surface area contributed by atoms with Gasteiger partial charge in [0.05, 0.1) is 14.2 Å². The molecular formula is C25H28N2O2S. The minimum atomic E-state index is 0.612. The molecule has 3 aromatic rings. The number of nitrogens with zero attached hydrogens (tertiary/aromatic N) is 1. The standard InChI is InChI=1S/C25H28N2O2S/c1-4-19-11-8-12-22(15-19)26-25(30)27(17-20-9-6-5-7-10-20)18-21-13-14-23(28-2)16-24(21)29-3/h5-16H,4,17-18H2,1-3H3,(H,26,30). The van der Waals surface area contributed by atoms with Crippen molar-refractivity contribution in [3.63, 3.8) is 0 Å². The Bertz CT molecular complexity index is 976. The van der Waals surface area contributed by atoms with Gasteiger partial charge in [-0.25, -0.2) is 0 Å². The summed E-state index contributed by atoms with van der Waals surface area (Å²) < 4.78 is 10.9. The van der Waals surface area contributed by atoms with E-state index < -0.39 is 0 Å². The molecule has 0 aliphatic heterocycles. The summed E-state index contributed by atoms with van der Waals surface area (Å²) >= 11 is 5.81. The summed E-state index contributed by atoms with van der Waals surface area (Å²) in [5.41, 5.74) is 4.51. The van der Waals surface area contributed by atoms with Crippen LogP contribution in [0.5, 0.6) is 11.5 Å². The SMILES string of the molecule is CCc1cccc(NC(=S)N(Cc2ccccc2)Cc2ccc(OC)cc2OC)c1. The number of hydrogen-bond acceptors (Lipinski definition) is 3. The minimum Gasteiger partial charge on any atom is -0.497 e. The number of aryl methyl sites for hydroxylation is 1. The Morgan fingerprint density at radius 1 is 0.867 bits per heavy atom. The van der Waals surface area contributed by atoms with Crippen molar-refractivity contribution in [2.75, 3.05) is 19.5 Å². The second-order valence-electron chi connectivity index (χ2n) is 7.00. The van der Waals surface area contributed by atoms with Gasteiger partial charge in [0.25, 0.3) is 0 Å². The number of hydrogen-bond donors (Lipinski definition) is 1. The topological polar surface area (TPSA) is 33.7 Å². The van der Waals surface area contributed by atoms with Crippen LogP contribution in [0.15, 0.2) is 72.8 Å². The highest BCUT2D eigenvalue weighted by molar-refractivity contribution is 7.80. The lowest BCUT2D eigenvalue weighted by Gasteiger charge is -2.27. The maximum Gasteiger partial charge on any atom is 0.174 e. The predicted octanol–water partition coefficient (Wildman–Crippen LogP) is 5.67. The highest BCUT2D eigenvalue weighted by Gasteiger charge is 2.15. The molecule has 3 aromatic carbocycles. The molecule has 0 atom stereocenters. The summed E-state index contributed by atoms with van der Waals surface area (Å²) in [4.78, 5) is 2.15. The first kappa shape index (κ1) is 21.7. The van der Waals surface area contributed by atoms with Crippen molar-refractivity contribution in [2.24, 2.45) is 0 Å². The van der Waals surface area contributed by atoms with Gasteiger partial charge in [-0.3, -0.25) is 0 Å². The Morgan fingerprint density at radius 3 is 2.33 bits per heavy atom. The van der Waals surface area contributed by atoms with Crippen LogP contribution in [0.4, 0.5) is 5.69 Å². The van der Waals surface area contributed by atoms with Crippen LogP contribution in [-0.4, -0.2) is 24.2 Å². The van der Waals surface area contributed by atoms with E-state index in [0.29, 0.717) is 18.2 Å². The van der Waals surface area contributed by atoms with Gasteiger partial charge in [0.15, 0.2) is 5.11 Å². The quantitative estimate of drug-likeness (QED) is 0.475. The number of thiocarbonyl (C=S) groups is 1. The van der Waals surface area contributed by atoms with E-state index in [9.17, 15) is 0 Å². The molecule has 0 saturated carbocycles. The van der Waals surface area contributed by atoms with Crippen molar-refractivity contribution in [2.45, 2.75) is 26.4 Å². The third-order valence-electron chi connectivity index (χ3n) is 4.95. The molecule has 0 heterocycles. The van der Waals surface area contributed by atoms with E-state index in [2.05, 4.69) is 47.5 Å². The molecule has 0 aliphatic rings. The maximum atomic E-state index is 5.81. The fourth-order valence-corrected chi connectivity index (χ4v) is 3.51. The minimum absolute atomic E-state index is 0.612. The van der Waals surface area contributed by atoms with Crippen LogP contribution >= 0.6 is 12.2 Å².